The van der Waals surface area contributed by atoms with E-state index in [0.29, 0.717) is 18.1 Å². The topological polar surface area (TPSA) is 33.3 Å². The van der Waals surface area contributed by atoms with E-state index in [9.17, 15) is 0 Å². The van der Waals surface area contributed by atoms with Gasteiger partial charge in [-0.15, -0.1) is 0 Å². The van der Waals surface area contributed by atoms with Crippen LogP contribution >= 0.6 is 0 Å². The number of benzene rings is 1. The predicted octanol–water partition coefficient (Wildman–Crippen LogP) is 2.88. The Kier molecular flexibility index (Phi) is 5.23. The van der Waals surface area contributed by atoms with Gasteiger partial charge < -0.3 is 15.4 Å². The number of nitrogens with one attached hydrogen (secondary N) is 2. The van der Waals surface area contributed by atoms with Gasteiger partial charge >= 0.3 is 0 Å². The normalized spacial score (nSPS) is 22.2. The Morgan fingerprint density at radius 1 is 1.32 bits per heavy atom. The standard InChI is InChI=1S/C16H26N2O/c1-12(11-15-5-4-10-17-15)18-13(2)14-6-8-16(19-3)9-7-14/h6-9,12-13,15,17-18H,4-5,10-11H2,1-3H3/t12?,13-,15?/m0/s1. The zero-order valence-electron chi connectivity index (χ0n) is 12.3. The molecule has 106 valence electrons. The lowest BCUT2D eigenvalue weighted by Gasteiger charge is -2.23. The minimum Gasteiger partial charge on any atom is -0.497 e. The first kappa shape index (κ1) is 14.4. The number of ether oxygens (including phenoxy) is 1. The van der Waals surface area contributed by atoms with E-state index < -0.39 is 0 Å². The highest BCUT2D eigenvalue weighted by Crippen LogP contribution is 2.19. The van der Waals surface area contributed by atoms with Crippen LogP contribution in [0.1, 0.15) is 44.7 Å². The zero-order valence-corrected chi connectivity index (χ0v) is 12.3. The molecule has 2 unspecified atom stereocenters. The second-order valence-corrected chi connectivity index (χ2v) is 5.59. The van der Waals surface area contributed by atoms with Crippen LogP contribution in [0, 0.1) is 0 Å². The van der Waals surface area contributed by atoms with Crippen molar-refractivity contribution in [1.29, 1.82) is 0 Å². The van der Waals surface area contributed by atoms with Crippen LogP contribution in [0.5, 0.6) is 5.75 Å². The molecule has 0 aromatic heterocycles. The van der Waals surface area contributed by atoms with Crippen molar-refractivity contribution in [2.45, 2.75) is 51.2 Å². The monoisotopic (exact) mass is 262 g/mol. The second kappa shape index (κ2) is 6.92. The van der Waals surface area contributed by atoms with E-state index in [2.05, 4.69) is 36.6 Å². The van der Waals surface area contributed by atoms with Crippen molar-refractivity contribution >= 4 is 0 Å². The molecule has 2 rings (SSSR count). The minimum atomic E-state index is 0.377. The number of methoxy groups -OCH3 is 1. The first-order chi connectivity index (χ1) is 9.19. The molecule has 0 bridgehead atoms. The molecule has 0 spiro atoms. The number of hydrogen-bond acceptors (Lipinski definition) is 3. The largest absolute Gasteiger partial charge is 0.497 e. The fourth-order valence-corrected chi connectivity index (χ4v) is 2.87. The highest BCUT2D eigenvalue weighted by Gasteiger charge is 2.18. The van der Waals surface area contributed by atoms with E-state index in [4.69, 9.17) is 4.74 Å². The van der Waals surface area contributed by atoms with Gasteiger partial charge in [-0.1, -0.05) is 12.1 Å². The molecule has 0 amide bonds. The van der Waals surface area contributed by atoms with Crippen molar-refractivity contribution in [3.63, 3.8) is 0 Å². The molecule has 2 N–H and O–H groups in total. The molecule has 3 atom stereocenters. The van der Waals surface area contributed by atoms with Crippen LogP contribution in [-0.4, -0.2) is 25.7 Å². The van der Waals surface area contributed by atoms with E-state index in [1.165, 1.54) is 31.4 Å². The van der Waals surface area contributed by atoms with Gasteiger partial charge in [0.05, 0.1) is 7.11 Å². The van der Waals surface area contributed by atoms with Gasteiger partial charge in [-0.3, -0.25) is 0 Å². The molecule has 1 aromatic rings. The summed E-state index contributed by atoms with van der Waals surface area (Å²) in [5, 5.41) is 7.24. The lowest BCUT2D eigenvalue weighted by Crippen LogP contribution is -2.35. The molecule has 1 fully saturated rings. The molecule has 19 heavy (non-hydrogen) atoms. The van der Waals surface area contributed by atoms with Gasteiger partial charge in [-0.05, 0) is 57.4 Å². The second-order valence-electron chi connectivity index (χ2n) is 5.59. The maximum absolute atomic E-state index is 5.19. The Bertz CT molecular complexity index is 371. The summed E-state index contributed by atoms with van der Waals surface area (Å²) in [6.07, 6.45) is 3.86. The van der Waals surface area contributed by atoms with Crippen molar-refractivity contribution in [1.82, 2.24) is 10.6 Å². The van der Waals surface area contributed by atoms with E-state index in [-0.39, 0.29) is 0 Å². The summed E-state index contributed by atoms with van der Waals surface area (Å²) in [6.45, 7) is 5.69. The molecule has 3 heteroatoms. The Morgan fingerprint density at radius 2 is 2.05 bits per heavy atom. The summed E-state index contributed by atoms with van der Waals surface area (Å²) >= 11 is 0. The highest BCUT2D eigenvalue weighted by atomic mass is 16.5. The fraction of sp³-hybridized carbons (Fsp3) is 0.625. The van der Waals surface area contributed by atoms with Gasteiger partial charge in [0.15, 0.2) is 0 Å². The summed E-state index contributed by atoms with van der Waals surface area (Å²) in [7, 11) is 1.70. The van der Waals surface area contributed by atoms with Crippen LogP contribution in [0.3, 0.4) is 0 Å². The molecule has 1 heterocycles. The van der Waals surface area contributed by atoms with E-state index >= 15 is 0 Å². The van der Waals surface area contributed by atoms with Gasteiger partial charge in [0, 0.05) is 18.1 Å². The van der Waals surface area contributed by atoms with E-state index in [1.807, 2.05) is 12.1 Å². The molecule has 1 aromatic carbocycles. The third-order valence-corrected chi connectivity index (χ3v) is 3.95. The molecule has 1 saturated heterocycles. The lowest BCUT2D eigenvalue weighted by atomic mass is 10.0. The predicted molar refractivity (Wildman–Crippen MR) is 79.6 cm³/mol. The average Bonchev–Trinajstić information content (AvgIpc) is 2.91. The maximum atomic E-state index is 5.19. The first-order valence-electron chi connectivity index (χ1n) is 7.32. The van der Waals surface area contributed by atoms with Gasteiger partial charge in [0.25, 0.3) is 0 Å². The Labute approximate surface area is 116 Å². The zero-order chi connectivity index (χ0) is 13.7. The fourth-order valence-electron chi connectivity index (χ4n) is 2.87. The summed E-state index contributed by atoms with van der Waals surface area (Å²) < 4.78 is 5.19. The van der Waals surface area contributed by atoms with Gasteiger partial charge in [0.1, 0.15) is 5.75 Å². The number of hydrogen-bond donors (Lipinski definition) is 2. The maximum Gasteiger partial charge on any atom is 0.118 e. The summed E-state index contributed by atoms with van der Waals surface area (Å²) in [5.41, 5.74) is 1.31. The Balaban J connectivity index is 1.82. The molecule has 3 nitrogen and oxygen atoms in total. The van der Waals surface area contributed by atoms with Crippen LogP contribution in [0.25, 0.3) is 0 Å². The average molecular weight is 262 g/mol. The summed E-state index contributed by atoms with van der Waals surface area (Å²) in [5.74, 6) is 0.916. The quantitative estimate of drug-likeness (QED) is 0.827. The Morgan fingerprint density at radius 3 is 2.63 bits per heavy atom. The van der Waals surface area contributed by atoms with E-state index in [0.717, 1.165) is 5.75 Å². The van der Waals surface area contributed by atoms with Crippen LogP contribution < -0.4 is 15.4 Å². The minimum absolute atomic E-state index is 0.377. The lowest BCUT2D eigenvalue weighted by molar-refractivity contribution is 0.405. The molecular formula is C16H26N2O. The van der Waals surface area contributed by atoms with Crippen molar-refractivity contribution in [2.24, 2.45) is 0 Å². The van der Waals surface area contributed by atoms with Crippen LogP contribution in [-0.2, 0) is 0 Å². The first-order valence-corrected chi connectivity index (χ1v) is 7.32. The molecule has 0 aliphatic carbocycles. The van der Waals surface area contributed by atoms with Crippen LogP contribution in [0.15, 0.2) is 24.3 Å². The molecule has 0 saturated carbocycles. The third-order valence-electron chi connectivity index (χ3n) is 3.95. The van der Waals surface area contributed by atoms with Crippen molar-refractivity contribution < 1.29 is 4.74 Å². The summed E-state index contributed by atoms with van der Waals surface area (Å²) in [4.78, 5) is 0. The van der Waals surface area contributed by atoms with E-state index in [1.54, 1.807) is 7.11 Å². The summed E-state index contributed by atoms with van der Waals surface area (Å²) in [6, 6.07) is 9.93. The molecule has 1 aliphatic rings. The van der Waals surface area contributed by atoms with Crippen LogP contribution in [0.2, 0.25) is 0 Å². The third kappa shape index (κ3) is 4.22. The molecule has 1 aliphatic heterocycles. The van der Waals surface area contributed by atoms with Gasteiger partial charge in [-0.25, -0.2) is 0 Å². The van der Waals surface area contributed by atoms with Gasteiger partial charge in [-0.2, -0.15) is 0 Å². The van der Waals surface area contributed by atoms with Crippen molar-refractivity contribution in [2.75, 3.05) is 13.7 Å². The Hall–Kier alpha value is -1.06. The SMILES string of the molecule is COc1ccc([C@H](C)NC(C)CC2CCCN2)cc1. The van der Waals surface area contributed by atoms with Crippen LogP contribution in [0.4, 0.5) is 0 Å². The van der Waals surface area contributed by atoms with Crippen molar-refractivity contribution in [3.05, 3.63) is 29.8 Å². The highest BCUT2D eigenvalue weighted by molar-refractivity contribution is 5.28. The van der Waals surface area contributed by atoms with Crippen molar-refractivity contribution in [3.8, 4) is 5.75 Å². The molecule has 0 radical (unpaired) electrons. The smallest absolute Gasteiger partial charge is 0.118 e. The number of rotatable bonds is 6. The molecular weight excluding hydrogens is 236 g/mol. The van der Waals surface area contributed by atoms with Gasteiger partial charge in [0.2, 0.25) is 0 Å².